The van der Waals surface area contributed by atoms with Crippen LogP contribution in [0.3, 0.4) is 0 Å². The monoisotopic (exact) mass is 380 g/mol. The molecule has 0 aliphatic rings. The molecule has 0 amide bonds. The van der Waals surface area contributed by atoms with Crippen LogP contribution in [-0.4, -0.2) is 0 Å². The lowest BCUT2D eigenvalue weighted by Crippen LogP contribution is -2.00. The van der Waals surface area contributed by atoms with Gasteiger partial charge in [-0.15, -0.1) is 0 Å². The number of alkyl halides is 1. The molecule has 106 valence electrons. The summed E-state index contributed by atoms with van der Waals surface area (Å²) in [5.41, 5.74) is 1.29. The molecular weight excluding hydrogens is 373 g/mol. The molecule has 0 atom stereocenters. The van der Waals surface area contributed by atoms with Crippen molar-refractivity contribution in [3.05, 3.63) is 63.1 Å². The Morgan fingerprint density at radius 2 is 1.80 bits per heavy atom. The van der Waals surface area contributed by atoms with E-state index in [2.05, 4.69) is 15.9 Å². The molecular formula is C14H9BrCl2F2O. The molecule has 0 unspecified atom stereocenters. The minimum Gasteiger partial charge on any atom is -0.487 e. The molecule has 2 aromatic carbocycles. The highest BCUT2D eigenvalue weighted by Crippen LogP contribution is 2.34. The first-order valence-corrected chi connectivity index (χ1v) is 7.49. The normalized spacial score (nSPS) is 10.7. The predicted molar refractivity (Wildman–Crippen MR) is 79.8 cm³/mol. The molecule has 0 N–H and O–H groups in total. The average molecular weight is 382 g/mol. The maximum absolute atomic E-state index is 13.1. The molecule has 0 spiro atoms. The van der Waals surface area contributed by atoms with E-state index in [1.54, 1.807) is 12.1 Å². The van der Waals surface area contributed by atoms with Crippen molar-refractivity contribution < 1.29 is 13.5 Å². The summed E-state index contributed by atoms with van der Waals surface area (Å²) in [4.78, 5) is 0. The highest BCUT2D eigenvalue weighted by molar-refractivity contribution is 9.08. The first-order chi connectivity index (χ1) is 9.51. The maximum Gasteiger partial charge on any atom is 0.159 e. The molecule has 0 aliphatic carbocycles. The molecule has 0 aromatic heterocycles. The zero-order chi connectivity index (χ0) is 14.7. The van der Waals surface area contributed by atoms with Gasteiger partial charge in [0, 0.05) is 15.9 Å². The van der Waals surface area contributed by atoms with Gasteiger partial charge in [-0.2, -0.15) is 0 Å². The Hall–Kier alpha value is -0.840. The number of rotatable bonds is 4. The van der Waals surface area contributed by atoms with Crippen LogP contribution in [0, 0.1) is 11.6 Å². The molecule has 6 heteroatoms. The van der Waals surface area contributed by atoms with Gasteiger partial charge in [0.05, 0.1) is 5.02 Å². The Morgan fingerprint density at radius 1 is 1.05 bits per heavy atom. The third kappa shape index (κ3) is 3.62. The van der Waals surface area contributed by atoms with Crippen LogP contribution in [0.4, 0.5) is 8.78 Å². The lowest BCUT2D eigenvalue weighted by atomic mass is 10.2. The fourth-order valence-electron chi connectivity index (χ4n) is 1.66. The van der Waals surface area contributed by atoms with E-state index in [-0.39, 0.29) is 6.61 Å². The minimum absolute atomic E-state index is 0.0819. The molecule has 2 rings (SSSR count). The van der Waals surface area contributed by atoms with Gasteiger partial charge in [-0.3, -0.25) is 0 Å². The summed E-state index contributed by atoms with van der Waals surface area (Å²) in [6, 6.07) is 6.89. The molecule has 0 saturated heterocycles. The van der Waals surface area contributed by atoms with Gasteiger partial charge in [-0.25, -0.2) is 8.78 Å². The Labute approximate surface area is 133 Å². The second-order valence-electron chi connectivity index (χ2n) is 4.05. The smallest absolute Gasteiger partial charge is 0.159 e. The van der Waals surface area contributed by atoms with Crippen LogP contribution in [0.15, 0.2) is 30.3 Å². The van der Waals surface area contributed by atoms with Crippen molar-refractivity contribution in [1.82, 2.24) is 0 Å². The Kier molecular flexibility index (Phi) is 5.24. The molecule has 0 radical (unpaired) electrons. The molecule has 1 nitrogen and oxygen atoms in total. The van der Waals surface area contributed by atoms with E-state index in [1.807, 2.05) is 0 Å². The predicted octanol–water partition coefficient (Wildman–Crippen LogP) is 5.75. The van der Waals surface area contributed by atoms with Gasteiger partial charge in [-0.05, 0) is 29.8 Å². The van der Waals surface area contributed by atoms with Crippen LogP contribution >= 0.6 is 39.1 Å². The van der Waals surface area contributed by atoms with Crippen LogP contribution in [0.2, 0.25) is 10.0 Å². The van der Waals surface area contributed by atoms with E-state index in [0.717, 1.165) is 17.7 Å². The molecule has 20 heavy (non-hydrogen) atoms. The van der Waals surface area contributed by atoms with E-state index >= 15 is 0 Å². The van der Waals surface area contributed by atoms with E-state index in [4.69, 9.17) is 27.9 Å². The second kappa shape index (κ2) is 6.74. The largest absolute Gasteiger partial charge is 0.487 e. The highest BCUT2D eigenvalue weighted by Gasteiger charge is 2.11. The average Bonchev–Trinajstić information content (AvgIpc) is 2.40. The molecule has 0 aliphatic heterocycles. The van der Waals surface area contributed by atoms with Crippen LogP contribution < -0.4 is 4.74 Å². The summed E-state index contributed by atoms with van der Waals surface area (Å²) in [6.07, 6.45) is 0. The summed E-state index contributed by atoms with van der Waals surface area (Å²) in [6.45, 7) is 0.0819. The van der Waals surface area contributed by atoms with Crippen LogP contribution in [0.25, 0.3) is 0 Å². The fourth-order valence-corrected chi connectivity index (χ4v) is 2.67. The Bertz CT molecular complexity index is 635. The Balaban J connectivity index is 2.20. The number of benzene rings is 2. The van der Waals surface area contributed by atoms with Gasteiger partial charge in [0.15, 0.2) is 11.6 Å². The first kappa shape index (κ1) is 15.5. The van der Waals surface area contributed by atoms with Gasteiger partial charge < -0.3 is 4.74 Å². The lowest BCUT2D eigenvalue weighted by molar-refractivity contribution is 0.303. The topological polar surface area (TPSA) is 9.23 Å². The van der Waals surface area contributed by atoms with Crippen molar-refractivity contribution >= 4 is 39.1 Å². The van der Waals surface area contributed by atoms with Crippen LogP contribution in [-0.2, 0) is 11.9 Å². The van der Waals surface area contributed by atoms with Gasteiger partial charge in [0.1, 0.15) is 12.4 Å². The van der Waals surface area contributed by atoms with E-state index in [9.17, 15) is 8.78 Å². The van der Waals surface area contributed by atoms with Crippen LogP contribution in [0.5, 0.6) is 5.75 Å². The number of halogens is 5. The Morgan fingerprint density at radius 3 is 2.45 bits per heavy atom. The van der Waals surface area contributed by atoms with E-state index < -0.39 is 11.6 Å². The first-order valence-electron chi connectivity index (χ1n) is 5.62. The zero-order valence-corrected chi connectivity index (χ0v) is 13.2. The van der Waals surface area contributed by atoms with Crippen molar-refractivity contribution in [3.63, 3.8) is 0 Å². The summed E-state index contributed by atoms with van der Waals surface area (Å²) in [5, 5.41) is 1.39. The summed E-state index contributed by atoms with van der Waals surface area (Å²) < 4.78 is 31.5. The summed E-state index contributed by atoms with van der Waals surface area (Å²) >= 11 is 15.3. The van der Waals surface area contributed by atoms with Crippen LogP contribution in [0.1, 0.15) is 11.1 Å². The maximum atomic E-state index is 13.1. The third-order valence-corrected chi connectivity index (χ3v) is 3.70. The van der Waals surface area contributed by atoms with E-state index in [0.29, 0.717) is 26.7 Å². The number of hydrogen-bond acceptors (Lipinski definition) is 1. The molecule has 0 heterocycles. The molecule has 2 aromatic rings. The molecule has 0 bridgehead atoms. The van der Waals surface area contributed by atoms with Crippen molar-refractivity contribution in [2.75, 3.05) is 0 Å². The number of ether oxygens (including phenoxy) is 1. The van der Waals surface area contributed by atoms with Gasteiger partial charge in [-0.1, -0.05) is 45.2 Å². The van der Waals surface area contributed by atoms with Crippen molar-refractivity contribution in [1.29, 1.82) is 0 Å². The highest BCUT2D eigenvalue weighted by atomic mass is 79.9. The van der Waals surface area contributed by atoms with E-state index in [1.165, 1.54) is 6.07 Å². The standard InChI is InChI=1S/C14H9BrCl2F2O/c15-6-9-4-10(16)5-11(17)14(9)20-7-8-1-2-12(18)13(19)3-8/h1-5H,6-7H2. The van der Waals surface area contributed by atoms with Gasteiger partial charge >= 0.3 is 0 Å². The molecule has 0 fully saturated rings. The lowest BCUT2D eigenvalue weighted by Gasteiger charge is -2.12. The summed E-state index contributed by atoms with van der Waals surface area (Å²) in [5.74, 6) is -1.33. The third-order valence-electron chi connectivity index (χ3n) is 2.60. The zero-order valence-electron chi connectivity index (χ0n) is 10.1. The second-order valence-corrected chi connectivity index (χ2v) is 5.45. The number of hydrogen-bond donors (Lipinski definition) is 0. The summed E-state index contributed by atoms with van der Waals surface area (Å²) in [7, 11) is 0. The van der Waals surface area contributed by atoms with Crippen molar-refractivity contribution in [3.8, 4) is 5.75 Å². The van der Waals surface area contributed by atoms with Gasteiger partial charge in [0.2, 0.25) is 0 Å². The van der Waals surface area contributed by atoms with Gasteiger partial charge in [0.25, 0.3) is 0 Å². The van der Waals surface area contributed by atoms with Crippen molar-refractivity contribution in [2.24, 2.45) is 0 Å². The quantitative estimate of drug-likeness (QED) is 0.613. The SMILES string of the molecule is Fc1ccc(COc2c(Cl)cc(Cl)cc2CBr)cc1F. The minimum atomic E-state index is -0.908. The fraction of sp³-hybridized carbons (Fsp3) is 0.143. The van der Waals surface area contributed by atoms with Crippen molar-refractivity contribution in [2.45, 2.75) is 11.9 Å². The molecule has 0 saturated carbocycles.